The van der Waals surface area contributed by atoms with Crippen molar-refractivity contribution in [2.45, 2.75) is 25.3 Å². The lowest BCUT2D eigenvalue weighted by atomic mass is 10.1. The monoisotopic (exact) mass is 167 g/mol. The molecule has 0 aromatic rings. The van der Waals surface area contributed by atoms with Gasteiger partial charge >= 0.3 is 5.97 Å². The molecule has 66 valence electrons. The fraction of sp³-hybridized carbons (Fsp3) is 0.833. The number of hydrogen-bond donors (Lipinski definition) is 1. The minimum absolute atomic E-state index is 0.681. The molecule has 0 aliphatic carbocycles. The van der Waals surface area contributed by atoms with Gasteiger partial charge in [0.1, 0.15) is 6.04 Å². The Morgan fingerprint density at radius 2 is 2.18 bits per heavy atom. The van der Waals surface area contributed by atoms with E-state index in [1.807, 2.05) is 0 Å². The number of carbonyl (C=O) groups excluding carboxylic acids is 1. The molecule has 0 aromatic carbocycles. The third-order valence-electron chi connectivity index (χ3n) is 1.08. The lowest BCUT2D eigenvalue weighted by Crippen LogP contribution is -2.36. The number of rotatable bonds is 3. The molecule has 0 heterocycles. The Bertz CT molecular complexity index is 144. The predicted molar refractivity (Wildman–Crippen MR) is 35.2 cm³/mol. The van der Waals surface area contributed by atoms with Crippen LogP contribution in [0.1, 0.15) is 13.3 Å². The van der Waals surface area contributed by atoms with Crippen LogP contribution >= 0.6 is 0 Å². The minimum atomic E-state index is -2.92. The zero-order valence-corrected chi connectivity index (χ0v) is 6.43. The van der Waals surface area contributed by atoms with Gasteiger partial charge in [0.25, 0.3) is 0 Å². The normalized spacial score (nSPS) is 14.3. The molecule has 0 amide bonds. The summed E-state index contributed by atoms with van der Waals surface area (Å²) >= 11 is 0. The smallest absolute Gasteiger partial charge is 0.322 e. The molecule has 0 spiro atoms. The van der Waals surface area contributed by atoms with E-state index in [1.165, 1.54) is 0 Å². The first-order chi connectivity index (χ1) is 4.87. The van der Waals surface area contributed by atoms with Gasteiger partial charge in [0.05, 0.1) is 7.11 Å². The van der Waals surface area contributed by atoms with Crippen LogP contribution in [0.5, 0.6) is 0 Å². The molecule has 1 atom stereocenters. The highest BCUT2D eigenvalue weighted by Crippen LogP contribution is 2.18. The van der Waals surface area contributed by atoms with E-state index in [1.54, 1.807) is 0 Å². The molecule has 0 radical (unpaired) electrons. The third-order valence-corrected chi connectivity index (χ3v) is 1.08. The zero-order valence-electron chi connectivity index (χ0n) is 6.43. The van der Waals surface area contributed by atoms with Gasteiger partial charge < -0.3 is 10.5 Å². The molecule has 0 bridgehead atoms. The van der Waals surface area contributed by atoms with Gasteiger partial charge in [-0.3, -0.25) is 4.79 Å². The molecule has 0 aliphatic heterocycles. The van der Waals surface area contributed by atoms with Gasteiger partial charge in [0.15, 0.2) is 0 Å². The van der Waals surface area contributed by atoms with Crippen molar-refractivity contribution in [2.24, 2.45) is 5.73 Å². The van der Waals surface area contributed by atoms with Crippen LogP contribution < -0.4 is 5.73 Å². The molecule has 0 rings (SSSR count). The number of esters is 1. The van der Waals surface area contributed by atoms with E-state index in [4.69, 9.17) is 5.73 Å². The average Bonchev–Trinajstić information content (AvgIpc) is 1.82. The topological polar surface area (TPSA) is 52.3 Å². The Labute approximate surface area is 63.5 Å². The Morgan fingerprint density at radius 1 is 1.73 bits per heavy atom. The number of halogens is 2. The first-order valence-corrected chi connectivity index (χ1v) is 3.08. The van der Waals surface area contributed by atoms with Gasteiger partial charge in [0, 0.05) is 6.42 Å². The molecule has 0 saturated heterocycles. The van der Waals surface area contributed by atoms with Crippen molar-refractivity contribution < 1.29 is 18.3 Å². The van der Waals surface area contributed by atoms with Gasteiger partial charge in [-0.1, -0.05) is 0 Å². The average molecular weight is 167 g/mol. The van der Waals surface area contributed by atoms with Crippen molar-refractivity contribution in [3.8, 4) is 0 Å². The zero-order chi connectivity index (χ0) is 9.07. The highest BCUT2D eigenvalue weighted by atomic mass is 19.3. The molecule has 5 heteroatoms. The Balaban J connectivity index is 3.87. The second kappa shape index (κ2) is 3.61. The van der Waals surface area contributed by atoms with Crippen LogP contribution in [-0.4, -0.2) is 25.0 Å². The molecule has 1 unspecified atom stereocenters. The molecule has 0 aromatic heterocycles. The van der Waals surface area contributed by atoms with Crippen LogP contribution in [0.25, 0.3) is 0 Å². The minimum Gasteiger partial charge on any atom is -0.468 e. The SMILES string of the molecule is COC(=O)C(N)CC(C)(F)F. The van der Waals surface area contributed by atoms with Crippen LogP contribution in [0.3, 0.4) is 0 Å². The number of nitrogens with two attached hydrogens (primary N) is 1. The fourth-order valence-corrected chi connectivity index (χ4v) is 0.621. The standard InChI is InChI=1S/C6H11F2NO2/c1-6(7,8)3-4(9)5(10)11-2/h4H,3,9H2,1-2H3. The highest BCUT2D eigenvalue weighted by Gasteiger charge is 2.28. The van der Waals surface area contributed by atoms with Crippen molar-refractivity contribution in [1.29, 1.82) is 0 Å². The molecule has 3 nitrogen and oxygen atoms in total. The van der Waals surface area contributed by atoms with Crippen LogP contribution in [0.4, 0.5) is 8.78 Å². The van der Waals surface area contributed by atoms with E-state index in [0.29, 0.717) is 6.92 Å². The second-order valence-corrected chi connectivity index (χ2v) is 2.40. The van der Waals surface area contributed by atoms with Gasteiger partial charge in [-0.2, -0.15) is 0 Å². The maximum Gasteiger partial charge on any atom is 0.322 e. The Hall–Kier alpha value is -0.710. The molecule has 0 fully saturated rings. The van der Waals surface area contributed by atoms with E-state index in [-0.39, 0.29) is 0 Å². The maximum atomic E-state index is 12.2. The quantitative estimate of drug-likeness (QED) is 0.624. The lowest BCUT2D eigenvalue weighted by Gasteiger charge is -2.13. The fourth-order valence-electron chi connectivity index (χ4n) is 0.621. The lowest BCUT2D eigenvalue weighted by molar-refractivity contribution is -0.144. The van der Waals surface area contributed by atoms with Crippen LogP contribution in [0, 0.1) is 0 Å². The largest absolute Gasteiger partial charge is 0.468 e. The molecular weight excluding hydrogens is 156 g/mol. The second-order valence-electron chi connectivity index (χ2n) is 2.40. The van der Waals surface area contributed by atoms with Crippen molar-refractivity contribution in [2.75, 3.05) is 7.11 Å². The molecule has 2 N–H and O–H groups in total. The van der Waals surface area contributed by atoms with Crippen LogP contribution in [0.2, 0.25) is 0 Å². The summed E-state index contributed by atoms with van der Waals surface area (Å²) in [4.78, 5) is 10.5. The van der Waals surface area contributed by atoms with Crippen molar-refractivity contribution in [1.82, 2.24) is 0 Å². The van der Waals surface area contributed by atoms with Crippen molar-refractivity contribution >= 4 is 5.97 Å². The van der Waals surface area contributed by atoms with E-state index >= 15 is 0 Å². The number of alkyl halides is 2. The number of methoxy groups -OCH3 is 1. The molecular formula is C6H11F2NO2. The van der Waals surface area contributed by atoms with Crippen LogP contribution in [-0.2, 0) is 9.53 Å². The summed E-state index contributed by atoms with van der Waals surface area (Å²) < 4.78 is 28.5. The van der Waals surface area contributed by atoms with Gasteiger partial charge in [-0.05, 0) is 6.92 Å². The Kier molecular flexibility index (Phi) is 3.38. The number of carbonyl (C=O) groups is 1. The summed E-state index contributed by atoms with van der Waals surface area (Å²) in [7, 11) is 1.11. The summed E-state index contributed by atoms with van der Waals surface area (Å²) in [6, 6.07) is -1.24. The van der Waals surface area contributed by atoms with Gasteiger partial charge in [-0.25, -0.2) is 8.78 Å². The predicted octanol–water partition coefficient (Wildman–Crippen LogP) is 0.532. The first-order valence-electron chi connectivity index (χ1n) is 3.08. The van der Waals surface area contributed by atoms with Crippen LogP contribution in [0.15, 0.2) is 0 Å². The third kappa shape index (κ3) is 4.66. The van der Waals surface area contributed by atoms with Crippen molar-refractivity contribution in [3.63, 3.8) is 0 Å². The van der Waals surface area contributed by atoms with E-state index in [9.17, 15) is 13.6 Å². The first kappa shape index (κ1) is 10.3. The summed E-state index contributed by atoms with van der Waals surface area (Å²) in [5, 5.41) is 0. The van der Waals surface area contributed by atoms with Gasteiger partial charge in [-0.15, -0.1) is 0 Å². The number of ether oxygens (including phenoxy) is 1. The summed E-state index contributed by atoms with van der Waals surface area (Å²) in [6.45, 7) is 0.704. The summed E-state index contributed by atoms with van der Waals surface area (Å²) in [5.41, 5.74) is 5.06. The van der Waals surface area contributed by atoms with E-state index in [2.05, 4.69) is 4.74 Å². The van der Waals surface area contributed by atoms with Gasteiger partial charge in [0.2, 0.25) is 5.92 Å². The summed E-state index contributed by atoms with van der Waals surface area (Å²) in [6.07, 6.45) is -0.681. The van der Waals surface area contributed by atoms with E-state index < -0.39 is 24.4 Å². The van der Waals surface area contributed by atoms with E-state index in [0.717, 1.165) is 7.11 Å². The Morgan fingerprint density at radius 3 is 2.45 bits per heavy atom. The number of hydrogen-bond acceptors (Lipinski definition) is 3. The molecule has 0 aliphatic rings. The maximum absolute atomic E-state index is 12.2. The highest BCUT2D eigenvalue weighted by molar-refractivity contribution is 5.75. The summed E-state index contributed by atoms with van der Waals surface area (Å²) in [5.74, 6) is -3.74. The van der Waals surface area contributed by atoms with Crippen molar-refractivity contribution in [3.05, 3.63) is 0 Å². The molecule has 11 heavy (non-hydrogen) atoms. The molecule has 0 saturated carbocycles.